The Morgan fingerprint density at radius 2 is 1.46 bits per heavy atom. The first kappa shape index (κ1) is 84.4. The third-order valence-electron chi connectivity index (χ3n) is 20.8. The molecule has 4 aromatic rings. The lowest BCUT2D eigenvalue weighted by Gasteiger charge is -2.38. The highest BCUT2D eigenvalue weighted by molar-refractivity contribution is 6.22. The summed E-state index contributed by atoms with van der Waals surface area (Å²) < 4.78 is 36.3. The summed E-state index contributed by atoms with van der Waals surface area (Å²) in [6.45, 7) is 17.2. The molecular formula is C82H96N10O22. The van der Waals surface area contributed by atoms with Crippen molar-refractivity contribution in [3.8, 4) is 28.7 Å². The summed E-state index contributed by atoms with van der Waals surface area (Å²) >= 11 is 0. The number of nitrogens with zero attached hydrogens (tertiary/aromatic N) is 4. The van der Waals surface area contributed by atoms with E-state index in [1.807, 2.05) is 18.7 Å². The molecule has 1 fully saturated rings. The Bertz CT molecular complexity index is 4860. The number of rotatable bonds is 21. The third-order valence-corrected chi connectivity index (χ3v) is 20.8. The predicted octanol–water partition coefficient (Wildman–Crippen LogP) is 6.25. The number of phenolic OH excluding ortho intramolecular Hbond substituents is 2. The molecule has 10 N–H and O–H groups in total. The quantitative estimate of drug-likeness (QED) is 0.0165. The van der Waals surface area contributed by atoms with E-state index in [0.29, 0.717) is 22.5 Å². The number of nitrogens with one attached hydrogen (secondary N) is 6. The van der Waals surface area contributed by atoms with E-state index >= 15 is 9.59 Å². The number of aromatic nitrogens is 1. The zero-order valence-corrected chi connectivity index (χ0v) is 65.3. The molecule has 1 saturated heterocycles. The highest BCUT2D eigenvalue weighted by Gasteiger charge is 2.50. The number of anilines is 3. The molecule has 9 amide bonds. The fourth-order valence-electron chi connectivity index (χ4n) is 14.2. The van der Waals surface area contributed by atoms with Gasteiger partial charge in [0.25, 0.3) is 23.5 Å². The van der Waals surface area contributed by atoms with Gasteiger partial charge in [0.1, 0.15) is 65.0 Å². The smallest absolute Gasteiger partial charge is 0.410 e. The van der Waals surface area contributed by atoms with Gasteiger partial charge >= 0.3 is 17.8 Å². The number of aromatic hydroxyl groups is 2. The fourth-order valence-corrected chi connectivity index (χ4v) is 14.2. The summed E-state index contributed by atoms with van der Waals surface area (Å²) in [5.74, 6) is -13.4. The average Bonchev–Trinajstić information content (AvgIpc) is 1.53. The molecule has 606 valence electrons. The summed E-state index contributed by atoms with van der Waals surface area (Å²) in [5.41, 5.74) is -0.217. The van der Waals surface area contributed by atoms with E-state index in [9.17, 15) is 68.4 Å². The minimum atomic E-state index is -2.18. The van der Waals surface area contributed by atoms with Gasteiger partial charge in [0.15, 0.2) is 11.3 Å². The normalized spacial score (nSPS) is 23.3. The van der Waals surface area contributed by atoms with Crippen LogP contribution in [0.25, 0.3) is 33.3 Å². The number of carbonyl (C=O) groups excluding carboxylic acids is 11. The second-order valence-corrected chi connectivity index (χ2v) is 29.7. The highest BCUT2D eigenvalue weighted by atomic mass is 16.7. The van der Waals surface area contributed by atoms with Gasteiger partial charge in [0, 0.05) is 142 Å². The summed E-state index contributed by atoms with van der Waals surface area (Å²) in [6.07, 6.45) is 4.49. The van der Waals surface area contributed by atoms with Crippen LogP contribution < -0.4 is 47.0 Å². The van der Waals surface area contributed by atoms with Crippen molar-refractivity contribution in [2.24, 2.45) is 29.6 Å². The van der Waals surface area contributed by atoms with Crippen LogP contribution in [0.1, 0.15) is 109 Å². The van der Waals surface area contributed by atoms with Crippen LogP contribution in [0.3, 0.4) is 0 Å². The van der Waals surface area contributed by atoms with E-state index in [1.54, 1.807) is 94.4 Å². The molecule has 1 aliphatic carbocycles. The van der Waals surface area contributed by atoms with Crippen LogP contribution in [0.15, 0.2) is 124 Å². The maximum absolute atomic E-state index is 15.2. The van der Waals surface area contributed by atoms with Crippen molar-refractivity contribution in [3.05, 3.63) is 147 Å². The van der Waals surface area contributed by atoms with E-state index in [0.717, 1.165) is 23.3 Å². The summed E-state index contributed by atoms with van der Waals surface area (Å²) in [5, 5.41) is 62.4. The number of aliphatic hydroxyl groups excluding tert-OH is 2. The number of aliphatic hydroxyl groups is 2. The van der Waals surface area contributed by atoms with Gasteiger partial charge in [-0.1, -0.05) is 102 Å². The van der Waals surface area contributed by atoms with Gasteiger partial charge in [-0.2, -0.15) is 0 Å². The molecule has 32 nitrogen and oxygen atoms in total. The Morgan fingerprint density at radius 1 is 0.772 bits per heavy atom. The zero-order chi connectivity index (χ0) is 82.9. The van der Waals surface area contributed by atoms with Crippen LogP contribution in [0.2, 0.25) is 0 Å². The number of hydrogen-bond donors (Lipinski definition) is 10. The number of esters is 1. The zero-order valence-electron chi connectivity index (χ0n) is 65.3. The van der Waals surface area contributed by atoms with E-state index in [1.165, 1.54) is 70.9 Å². The topological polar surface area (TPSA) is 440 Å². The highest BCUT2D eigenvalue weighted by Crippen LogP contribution is 2.51. The molecule has 4 aromatic carbocycles. The molecule has 0 aromatic heterocycles. The lowest BCUT2D eigenvalue weighted by molar-refractivity contribution is -0.160. The third kappa shape index (κ3) is 19.2. The molecule has 12 atom stereocenters. The first-order valence-electron chi connectivity index (χ1n) is 37.5. The largest absolute Gasteiger partial charge is 0.507 e. The molecule has 32 heteroatoms. The molecule has 0 radical (unpaired) electrons. The van der Waals surface area contributed by atoms with Gasteiger partial charge in [-0.3, -0.25) is 57.6 Å². The molecule has 6 aliphatic rings. The number of imide groups is 1. The Kier molecular flexibility index (Phi) is 26.8. The lowest BCUT2D eigenvalue weighted by atomic mass is 9.78. The van der Waals surface area contributed by atoms with Crippen molar-refractivity contribution in [1.82, 2.24) is 36.1 Å². The number of piperazine rings is 1. The number of carbonyl (C=O) groups is 11. The molecule has 10 rings (SSSR count). The van der Waals surface area contributed by atoms with E-state index in [-0.39, 0.29) is 115 Å². The van der Waals surface area contributed by atoms with E-state index in [2.05, 4.69) is 31.9 Å². The SMILES string of the molecule is CO[C@H]1/C=C/O[C@@]2(C)Oc3c(C)c(O)c4c(=O)c(c5oc6cc(N7CCN(C(=O)OCc8ccc(NC(=O)CNC(=O)[C@H](Cc9ccccc9)NC(=O)[C@H](C)NC(=O)[C@H](CC(C)C)NC(=O)CCN9C(=O)C=CC9=O)cc8)CC7)cc(O)c6nc-5c4c3C2=O)NC(=O)/C(C)=C\C=C\[C@H](C)[C@H](O)[C@@H](C)[C@@H](O)[C@@H](C)[C@H](OC(C)=O)[C@@H]1C. The number of allylic oxidation sites excluding steroid dienone is 2. The molecule has 5 aliphatic heterocycles. The Labute approximate surface area is 656 Å². The molecule has 114 heavy (non-hydrogen) atoms. The standard InChI is InChI=1S/C82H96N10O22/c1-41(2)35-54(86-59(95)27-29-92-61(97)25-26-62(92)98)80(107)84-48(9)78(105)87-55(36-50-19-14-13-15-20-50)79(106)83-39-60(96)85-52-23-21-51(22-24-52)40-110-81(108)91-32-30-90(31-33-91)53-37-56(94)66-58(38-53)113-75-67(88-66)63-64-71(101)47(8)74-65(63)76(103)82(11,114-74)111-34-28-57(109-12)44(5)73(112-49(10)93)46(7)70(100)45(6)69(99)42(3)17-16-18-43(4)77(104)89-68(75)72(64)102/h13-26,28,34,37-38,41-42,44-46,48,54-55,57,69-70,73,94,99-101H,27,29-33,35-36,39-40H2,1-12H3,(H,83,106)(H,84,107)(H,85,96)(H,86,95)(H,87,105)(H,89,104)/b17-16+,34-28+,43-18-/t42-,44+,45+,46+,48-,54-,55-,57-,69-,70+,73+,82-/m0/s1. The summed E-state index contributed by atoms with van der Waals surface area (Å²) in [6, 6.07) is 14.6. The number of amides is 9. The Hall–Kier alpha value is -12.0. The number of phenols is 2. The number of Topliss-reactive ketones (excluding diaryl/α,β-unsaturated/α-hetero) is 1. The molecule has 0 saturated carbocycles. The van der Waals surface area contributed by atoms with Crippen molar-refractivity contribution in [3.63, 3.8) is 0 Å². The summed E-state index contributed by atoms with van der Waals surface area (Å²) in [7, 11) is 1.40. The molecule has 0 spiro atoms. The lowest BCUT2D eigenvalue weighted by Crippen LogP contribution is -2.56. The number of ether oxygens (including phenoxy) is 5. The first-order chi connectivity index (χ1) is 54.1. The van der Waals surface area contributed by atoms with Crippen LogP contribution in [0.4, 0.5) is 21.9 Å². The molecule has 5 heterocycles. The predicted molar refractivity (Wildman–Crippen MR) is 416 cm³/mol. The van der Waals surface area contributed by atoms with Gasteiger partial charge in [0.05, 0.1) is 42.1 Å². The van der Waals surface area contributed by atoms with Crippen molar-refractivity contribution in [1.29, 1.82) is 0 Å². The number of ketones is 1. The van der Waals surface area contributed by atoms with Crippen LogP contribution in [0.5, 0.6) is 17.2 Å². The molecule has 0 unspecified atom stereocenters. The molecule has 4 bridgehead atoms. The van der Waals surface area contributed by atoms with Gasteiger partial charge in [-0.25, -0.2) is 9.78 Å². The van der Waals surface area contributed by atoms with Crippen molar-refractivity contribution in [2.75, 3.05) is 61.9 Å². The molecular weight excluding hydrogens is 1480 g/mol. The van der Waals surface area contributed by atoms with Crippen LogP contribution in [-0.4, -0.2) is 195 Å². The second kappa shape index (κ2) is 36.2. The van der Waals surface area contributed by atoms with Gasteiger partial charge in [-0.05, 0) is 62.4 Å². The van der Waals surface area contributed by atoms with Gasteiger partial charge < -0.3 is 90.2 Å². The van der Waals surface area contributed by atoms with E-state index < -0.39 is 172 Å². The van der Waals surface area contributed by atoms with E-state index in [4.69, 9.17) is 33.1 Å². The van der Waals surface area contributed by atoms with Gasteiger partial charge in [-0.15, -0.1) is 0 Å². The Morgan fingerprint density at radius 3 is 2.11 bits per heavy atom. The number of hydrogen-bond acceptors (Lipinski definition) is 24. The number of benzene rings is 5. The minimum Gasteiger partial charge on any atom is -0.507 e. The second-order valence-electron chi connectivity index (χ2n) is 29.7. The minimum absolute atomic E-state index is 0.0101. The van der Waals surface area contributed by atoms with Crippen molar-refractivity contribution < 1.29 is 101 Å². The monoisotopic (exact) mass is 1570 g/mol. The Balaban J connectivity index is 0.796. The fraction of sp³-hybridized carbons (Fsp3) is 0.427. The number of methoxy groups -OCH3 is 1. The van der Waals surface area contributed by atoms with Crippen molar-refractivity contribution >= 4 is 104 Å². The maximum Gasteiger partial charge on any atom is 0.410 e. The van der Waals surface area contributed by atoms with Crippen LogP contribution in [0, 0.1) is 36.5 Å². The summed E-state index contributed by atoms with van der Waals surface area (Å²) in [4.78, 5) is 171. The van der Waals surface area contributed by atoms with Crippen molar-refractivity contribution in [2.45, 2.75) is 150 Å². The van der Waals surface area contributed by atoms with Crippen LogP contribution in [-0.2, 0) is 75.1 Å². The maximum atomic E-state index is 15.2. The first-order valence-corrected chi connectivity index (χ1v) is 37.5. The van der Waals surface area contributed by atoms with Crippen LogP contribution >= 0.6 is 0 Å². The van der Waals surface area contributed by atoms with Gasteiger partial charge in [0.2, 0.25) is 35.0 Å². The average molecular weight is 1570 g/mol. The number of fused-ring (bicyclic) bond motifs is 2.